The summed E-state index contributed by atoms with van der Waals surface area (Å²) in [7, 11) is 0. The van der Waals surface area contributed by atoms with E-state index in [4.69, 9.17) is 4.42 Å². The van der Waals surface area contributed by atoms with Gasteiger partial charge in [0.25, 0.3) is 5.91 Å². The van der Waals surface area contributed by atoms with Gasteiger partial charge < -0.3 is 19.5 Å². The van der Waals surface area contributed by atoms with Crippen LogP contribution in [0.4, 0.5) is 0 Å². The smallest absolute Gasteiger partial charge is 0.251 e. The highest BCUT2D eigenvalue weighted by Gasteiger charge is 2.55. The Morgan fingerprint density at radius 2 is 1.83 bits per heavy atom. The van der Waals surface area contributed by atoms with Crippen molar-refractivity contribution < 1.29 is 9.21 Å². The van der Waals surface area contributed by atoms with E-state index in [9.17, 15) is 4.79 Å². The van der Waals surface area contributed by atoms with Crippen LogP contribution in [-0.4, -0.2) is 66.0 Å². The fraction of sp³-hybridized carbons (Fsp3) is 0.417. The van der Waals surface area contributed by atoms with E-state index in [0.29, 0.717) is 23.0 Å². The monoisotopic (exact) mass is 402 g/mol. The molecule has 4 aliphatic heterocycles. The van der Waals surface area contributed by atoms with Crippen molar-refractivity contribution in [2.75, 3.05) is 39.3 Å². The third-order valence-corrected chi connectivity index (χ3v) is 7.19. The molecule has 4 saturated heterocycles. The molecule has 6 heteroatoms. The van der Waals surface area contributed by atoms with Crippen molar-refractivity contribution in [2.45, 2.75) is 18.4 Å². The molecule has 0 saturated carbocycles. The van der Waals surface area contributed by atoms with Crippen molar-refractivity contribution >= 4 is 17.0 Å². The Hall–Kier alpha value is -2.70. The van der Waals surface area contributed by atoms with Crippen LogP contribution in [0.25, 0.3) is 11.1 Å². The van der Waals surface area contributed by atoms with Gasteiger partial charge in [0.1, 0.15) is 5.52 Å². The van der Waals surface area contributed by atoms with Gasteiger partial charge in [-0.25, -0.2) is 4.98 Å². The lowest BCUT2D eigenvalue weighted by atomic mass is 9.64. The lowest BCUT2D eigenvalue weighted by Gasteiger charge is -2.55. The maximum atomic E-state index is 13.3. The SMILES string of the molecule is Cc1nc2ccc(C(=O)NC3C4CN5CCN(C4)CC3(c3ccccc3)C5)cc2o1. The molecule has 7 rings (SSSR count). The molecule has 1 N–H and O–H groups in total. The van der Waals surface area contributed by atoms with Gasteiger partial charge in [-0.05, 0) is 23.8 Å². The first-order valence-corrected chi connectivity index (χ1v) is 10.8. The summed E-state index contributed by atoms with van der Waals surface area (Å²) in [6, 6.07) is 16.4. The molecule has 6 nitrogen and oxygen atoms in total. The predicted octanol–water partition coefficient (Wildman–Crippen LogP) is 2.43. The van der Waals surface area contributed by atoms with Crippen LogP contribution in [0, 0.1) is 12.8 Å². The number of oxazole rings is 1. The van der Waals surface area contributed by atoms with Gasteiger partial charge in [-0.3, -0.25) is 4.79 Å². The van der Waals surface area contributed by atoms with Gasteiger partial charge in [0.05, 0.1) is 0 Å². The minimum atomic E-state index is -0.0818. The van der Waals surface area contributed by atoms with Crippen LogP contribution in [0.15, 0.2) is 52.9 Å². The molecule has 0 spiro atoms. The summed E-state index contributed by atoms with van der Waals surface area (Å²) in [6.45, 7) is 8.16. The van der Waals surface area contributed by atoms with Gasteiger partial charge in [0.15, 0.2) is 11.5 Å². The topological polar surface area (TPSA) is 61.6 Å². The molecule has 3 aromatic rings. The molecule has 4 bridgehead atoms. The van der Waals surface area contributed by atoms with Gasteiger partial charge >= 0.3 is 0 Å². The number of carbonyl (C=O) groups is 1. The Kier molecular flexibility index (Phi) is 4.01. The standard InChI is InChI=1S/C24H26N4O2/c1-16-25-20-8-7-17(11-21(20)30-16)23(29)26-22-18-12-27-9-10-28(13-18)15-24(22,14-27)19-5-3-2-4-6-19/h2-8,11,18,22H,9-10,12-15H2,1H3,(H,26,29). The number of fused-ring (bicyclic) bond motifs is 2. The highest BCUT2D eigenvalue weighted by atomic mass is 16.3. The number of benzene rings is 2. The van der Waals surface area contributed by atoms with Crippen LogP contribution in [0.2, 0.25) is 0 Å². The number of hydrogen-bond acceptors (Lipinski definition) is 5. The summed E-state index contributed by atoms with van der Waals surface area (Å²) in [5, 5.41) is 3.46. The third kappa shape index (κ3) is 2.78. The summed E-state index contributed by atoms with van der Waals surface area (Å²) < 4.78 is 5.64. The number of rotatable bonds is 3. The Labute approximate surface area is 175 Å². The normalized spacial score (nSPS) is 32.3. The van der Waals surface area contributed by atoms with Gasteiger partial charge in [0.2, 0.25) is 0 Å². The minimum absolute atomic E-state index is 0.0255. The summed E-state index contributed by atoms with van der Waals surface area (Å²) in [5.74, 6) is 1.02. The lowest BCUT2D eigenvalue weighted by molar-refractivity contribution is 0.0180. The van der Waals surface area contributed by atoms with Gasteiger partial charge in [-0.15, -0.1) is 0 Å². The van der Waals surface area contributed by atoms with Crippen molar-refractivity contribution in [2.24, 2.45) is 5.92 Å². The molecule has 1 amide bonds. The zero-order chi connectivity index (χ0) is 20.3. The molecular formula is C24H26N4O2. The molecule has 154 valence electrons. The molecule has 0 radical (unpaired) electrons. The van der Waals surface area contributed by atoms with E-state index >= 15 is 0 Å². The number of piperidine rings is 2. The second kappa shape index (κ2) is 6.65. The minimum Gasteiger partial charge on any atom is -0.441 e. The first-order valence-electron chi connectivity index (χ1n) is 10.8. The molecule has 30 heavy (non-hydrogen) atoms. The number of nitrogens with zero attached hydrogens (tertiary/aromatic N) is 3. The number of hydrogen-bond donors (Lipinski definition) is 1. The van der Waals surface area contributed by atoms with Crippen LogP contribution in [0.3, 0.4) is 0 Å². The van der Waals surface area contributed by atoms with E-state index in [2.05, 4.69) is 50.4 Å². The van der Waals surface area contributed by atoms with Crippen molar-refractivity contribution in [3.05, 3.63) is 65.5 Å². The average molecular weight is 402 g/mol. The number of aryl methyl sites for hydroxylation is 1. The maximum absolute atomic E-state index is 13.3. The fourth-order valence-electron chi connectivity index (χ4n) is 5.97. The molecule has 2 aromatic carbocycles. The van der Waals surface area contributed by atoms with Gasteiger partial charge in [-0.1, -0.05) is 30.3 Å². The first-order chi connectivity index (χ1) is 14.6. The van der Waals surface area contributed by atoms with Crippen molar-refractivity contribution in [1.29, 1.82) is 0 Å². The van der Waals surface area contributed by atoms with E-state index in [1.54, 1.807) is 0 Å². The second-order valence-electron chi connectivity index (χ2n) is 9.12. The van der Waals surface area contributed by atoms with E-state index in [0.717, 1.165) is 44.8 Å². The third-order valence-electron chi connectivity index (χ3n) is 7.19. The van der Waals surface area contributed by atoms with Crippen molar-refractivity contribution in [3.8, 4) is 0 Å². The van der Waals surface area contributed by atoms with Crippen molar-refractivity contribution in [3.63, 3.8) is 0 Å². The fourth-order valence-corrected chi connectivity index (χ4v) is 5.97. The molecule has 0 aliphatic carbocycles. The quantitative estimate of drug-likeness (QED) is 0.729. The number of aromatic nitrogens is 1. The lowest BCUT2D eigenvalue weighted by Crippen LogP contribution is -2.70. The molecule has 4 aliphatic rings. The Morgan fingerprint density at radius 3 is 2.57 bits per heavy atom. The highest BCUT2D eigenvalue weighted by Crippen LogP contribution is 2.43. The maximum Gasteiger partial charge on any atom is 0.251 e. The zero-order valence-electron chi connectivity index (χ0n) is 17.2. The molecule has 1 aromatic heterocycles. The Bertz CT molecular complexity index is 1090. The van der Waals surface area contributed by atoms with E-state index in [-0.39, 0.29) is 17.4 Å². The molecule has 5 heterocycles. The van der Waals surface area contributed by atoms with E-state index in [1.165, 1.54) is 5.56 Å². The molecule has 3 unspecified atom stereocenters. The van der Waals surface area contributed by atoms with E-state index in [1.807, 2.05) is 25.1 Å². The molecule has 4 fully saturated rings. The molecular weight excluding hydrogens is 376 g/mol. The van der Waals surface area contributed by atoms with Crippen LogP contribution < -0.4 is 5.32 Å². The van der Waals surface area contributed by atoms with Crippen LogP contribution in [-0.2, 0) is 5.41 Å². The number of nitrogens with one attached hydrogen (secondary N) is 1. The van der Waals surface area contributed by atoms with Crippen LogP contribution in [0.5, 0.6) is 0 Å². The summed E-state index contributed by atoms with van der Waals surface area (Å²) >= 11 is 0. The Balaban J connectivity index is 1.37. The number of carbonyl (C=O) groups excluding carboxylic acids is 1. The second-order valence-corrected chi connectivity index (χ2v) is 9.12. The van der Waals surface area contributed by atoms with E-state index < -0.39 is 0 Å². The Morgan fingerprint density at radius 1 is 1.10 bits per heavy atom. The summed E-state index contributed by atoms with van der Waals surface area (Å²) in [4.78, 5) is 22.9. The molecule has 3 atom stereocenters. The summed E-state index contributed by atoms with van der Waals surface area (Å²) in [5.41, 5.74) is 3.34. The van der Waals surface area contributed by atoms with Crippen LogP contribution in [0.1, 0.15) is 21.8 Å². The largest absolute Gasteiger partial charge is 0.441 e. The van der Waals surface area contributed by atoms with Crippen molar-refractivity contribution in [1.82, 2.24) is 20.1 Å². The number of amides is 1. The zero-order valence-corrected chi connectivity index (χ0v) is 17.2. The average Bonchev–Trinajstić information content (AvgIpc) is 2.94. The van der Waals surface area contributed by atoms with Gasteiger partial charge in [-0.2, -0.15) is 0 Å². The van der Waals surface area contributed by atoms with Crippen LogP contribution >= 0.6 is 0 Å². The summed E-state index contributed by atoms with van der Waals surface area (Å²) in [6.07, 6.45) is 0. The predicted molar refractivity (Wildman–Crippen MR) is 114 cm³/mol. The van der Waals surface area contributed by atoms with Gasteiger partial charge in [0, 0.05) is 69.1 Å². The first kappa shape index (κ1) is 18.1. The highest BCUT2D eigenvalue weighted by molar-refractivity contribution is 5.97.